The second-order valence-corrected chi connectivity index (χ2v) is 4.29. The van der Waals surface area contributed by atoms with E-state index in [9.17, 15) is 9.59 Å². The number of amides is 3. The molecule has 2 N–H and O–H groups in total. The van der Waals surface area contributed by atoms with Crippen molar-refractivity contribution in [2.24, 2.45) is 0 Å². The van der Waals surface area contributed by atoms with Crippen LogP contribution in [0, 0.1) is 11.3 Å². The van der Waals surface area contributed by atoms with Crippen molar-refractivity contribution in [3.8, 4) is 6.07 Å². The number of carbonyl (C=O) groups excluding carboxylic acids is 2. The first-order valence-corrected chi connectivity index (χ1v) is 6.31. The Balaban J connectivity index is 2.70. The molecule has 1 aromatic carbocycles. The number of nitrogens with one attached hydrogen (secondary N) is 2. The Kier molecular flexibility index (Phi) is 5.54. The molecule has 106 valence electrons. The maximum atomic E-state index is 11.9. The van der Waals surface area contributed by atoms with E-state index in [1.54, 1.807) is 50.1 Å². The lowest BCUT2D eigenvalue weighted by Gasteiger charge is -2.25. The van der Waals surface area contributed by atoms with Crippen LogP contribution < -0.4 is 15.5 Å². The van der Waals surface area contributed by atoms with E-state index in [1.165, 1.54) is 0 Å². The Morgan fingerprint density at radius 1 is 1.35 bits per heavy atom. The van der Waals surface area contributed by atoms with E-state index in [2.05, 4.69) is 10.6 Å². The Morgan fingerprint density at radius 2 is 1.95 bits per heavy atom. The molecule has 6 heteroatoms. The van der Waals surface area contributed by atoms with Crippen molar-refractivity contribution in [2.75, 3.05) is 18.5 Å². The normalized spacial score (nSPS) is 11.1. The van der Waals surface area contributed by atoms with Gasteiger partial charge in [0.15, 0.2) is 0 Å². The summed E-state index contributed by atoms with van der Waals surface area (Å²) >= 11 is 0. The number of rotatable bonds is 4. The smallest absolute Gasteiger partial charge is 0.321 e. The fraction of sp³-hybridized carbons (Fsp3) is 0.357. The first-order valence-electron chi connectivity index (χ1n) is 6.31. The van der Waals surface area contributed by atoms with Gasteiger partial charge in [0.05, 0.1) is 11.6 Å². The van der Waals surface area contributed by atoms with E-state index in [4.69, 9.17) is 5.26 Å². The number of anilines is 1. The van der Waals surface area contributed by atoms with Crippen LogP contribution in [0.15, 0.2) is 24.3 Å². The van der Waals surface area contributed by atoms with Gasteiger partial charge in [-0.1, -0.05) is 0 Å². The molecule has 0 aliphatic heterocycles. The van der Waals surface area contributed by atoms with Gasteiger partial charge in [-0.05, 0) is 38.1 Å². The van der Waals surface area contributed by atoms with Crippen LogP contribution in [0.1, 0.15) is 19.4 Å². The zero-order valence-corrected chi connectivity index (χ0v) is 11.8. The zero-order chi connectivity index (χ0) is 15.1. The molecule has 20 heavy (non-hydrogen) atoms. The van der Waals surface area contributed by atoms with E-state index in [0.717, 1.165) is 5.69 Å². The number of nitriles is 1. The Labute approximate surface area is 118 Å². The second kappa shape index (κ2) is 7.14. The minimum absolute atomic E-state index is 0.386. The summed E-state index contributed by atoms with van der Waals surface area (Å²) in [7, 11) is 1.75. The van der Waals surface area contributed by atoms with Crippen LogP contribution in [0.3, 0.4) is 0 Å². The van der Waals surface area contributed by atoms with Gasteiger partial charge >= 0.3 is 6.03 Å². The highest BCUT2D eigenvalue weighted by Crippen LogP contribution is 2.15. The van der Waals surface area contributed by atoms with Gasteiger partial charge in [-0.3, -0.25) is 10.1 Å². The minimum atomic E-state index is -0.509. The third-order valence-corrected chi connectivity index (χ3v) is 2.94. The monoisotopic (exact) mass is 274 g/mol. The van der Waals surface area contributed by atoms with Crippen molar-refractivity contribution in [1.82, 2.24) is 10.6 Å². The van der Waals surface area contributed by atoms with Gasteiger partial charge in [-0.15, -0.1) is 0 Å². The summed E-state index contributed by atoms with van der Waals surface area (Å²) < 4.78 is 0. The van der Waals surface area contributed by atoms with Crippen molar-refractivity contribution in [3.05, 3.63) is 29.8 Å². The van der Waals surface area contributed by atoms with Crippen molar-refractivity contribution < 1.29 is 9.59 Å². The van der Waals surface area contributed by atoms with Crippen molar-refractivity contribution >= 4 is 17.6 Å². The number of imide groups is 1. The van der Waals surface area contributed by atoms with E-state index in [-0.39, 0.29) is 5.91 Å². The van der Waals surface area contributed by atoms with Crippen molar-refractivity contribution in [1.29, 1.82) is 5.26 Å². The van der Waals surface area contributed by atoms with Gasteiger partial charge in [0.2, 0.25) is 5.91 Å². The van der Waals surface area contributed by atoms with Crippen LogP contribution in [-0.4, -0.2) is 31.6 Å². The summed E-state index contributed by atoms with van der Waals surface area (Å²) in [5.41, 5.74) is 1.35. The van der Waals surface area contributed by atoms with E-state index < -0.39 is 12.1 Å². The van der Waals surface area contributed by atoms with E-state index in [1.807, 2.05) is 6.07 Å². The lowest BCUT2D eigenvalue weighted by atomic mass is 10.2. The summed E-state index contributed by atoms with van der Waals surface area (Å²) in [5.74, 6) is -0.386. The average molecular weight is 274 g/mol. The van der Waals surface area contributed by atoms with E-state index in [0.29, 0.717) is 12.1 Å². The number of benzene rings is 1. The number of likely N-dealkylation sites (N-methyl/N-ethyl adjacent to an activating group) is 1. The fourth-order valence-electron chi connectivity index (χ4n) is 1.59. The van der Waals surface area contributed by atoms with Gasteiger partial charge in [-0.2, -0.15) is 5.26 Å². The predicted octanol–water partition coefficient (Wildman–Crippen LogP) is 1.23. The first kappa shape index (κ1) is 15.5. The number of nitrogens with zero attached hydrogens (tertiary/aromatic N) is 2. The zero-order valence-electron chi connectivity index (χ0n) is 11.8. The predicted molar refractivity (Wildman–Crippen MR) is 76.2 cm³/mol. The number of hydrogen-bond acceptors (Lipinski definition) is 4. The Bertz CT molecular complexity index is 519. The number of hydrogen-bond donors (Lipinski definition) is 2. The van der Waals surface area contributed by atoms with Crippen molar-refractivity contribution in [3.63, 3.8) is 0 Å². The van der Waals surface area contributed by atoms with Crippen LogP contribution in [0.5, 0.6) is 0 Å². The molecule has 0 aromatic heterocycles. The summed E-state index contributed by atoms with van der Waals surface area (Å²) in [5, 5.41) is 13.5. The van der Waals surface area contributed by atoms with Gasteiger partial charge in [-0.25, -0.2) is 4.79 Å². The highest BCUT2D eigenvalue weighted by Gasteiger charge is 2.20. The maximum absolute atomic E-state index is 11.9. The van der Waals surface area contributed by atoms with Crippen LogP contribution >= 0.6 is 0 Å². The molecular formula is C14H18N4O2. The molecule has 0 fully saturated rings. The maximum Gasteiger partial charge on any atom is 0.321 e. The molecule has 1 aromatic rings. The molecule has 0 spiro atoms. The van der Waals surface area contributed by atoms with Crippen LogP contribution in [0.2, 0.25) is 0 Å². The molecule has 1 unspecified atom stereocenters. The Hall–Kier alpha value is -2.55. The molecule has 0 aliphatic rings. The molecule has 0 aliphatic carbocycles. The molecule has 0 saturated heterocycles. The summed E-state index contributed by atoms with van der Waals surface area (Å²) in [4.78, 5) is 24.9. The fourth-order valence-corrected chi connectivity index (χ4v) is 1.59. The number of carbonyl (C=O) groups is 2. The largest absolute Gasteiger partial charge is 0.363 e. The van der Waals surface area contributed by atoms with Crippen molar-refractivity contribution in [2.45, 2.75) is 19.9 Å². The molecule has 0 radical (unpaired) electrons. The van der Waals surface area contributed by atoms with Gasteiger partial charge in [0.1, 0.15) is 6.04 Å². The third kappa shape index (κ3) is 3.99. The highest BCUT2D eigenvalue weighted by molar-refractivity contribution is 5.98. The number of urea groups is 1. The first-order chi connectivity index (χ1) is 9.49. The average Bonchev–Trinajstić information content (AvgIpc) is 2.46. The summed E-state index contributed by atoms with van der Waals surface area (Å²) in [6.07, 6.45) is 0. The molecule has 1 atom stereocenters. The molecule has 0 heterocycles. The highest BCUT2D eigenvalue weighted by atomic mass is 16.2. The van der Waals surface area contributed by atoms with Gasteiger partial charge in [0, 0.05) is 19.3 Å². The van der Waals surface area contributed by atoms with Crippen LogP contribution in [-0.2, 0) is 4.79 Å². The SMILES string of the molecule is CCNC(=O)NC(=O)C(C)N(C)c1ccc(C#N)cc1. The lowest BCUT2D eigenvalue weighted by molar-refractivity contribution is -0.120. The molecule has 0 saturated carbocycles. The lowest BCUT2D eigenvalue weighted by Crippen LogP contribution is -2.48. The van der Waals surface area contributed by atoms with Gasteiger partial charge < -0.3 is 10.2 Å². The minimum Gasteiger partial charge on any atom is -0.363 e. The summed E-state index contributed by atoms with van der Waals surface area (Å²) in [6, 6.07) is 7.90. The van der Waals surface area contributed by atoms with Crippen LogP contribution in [0.25, 0.3) is 0 Å². The third-order valence-electron chi connectivity index (χ3n) is 2.94. The molecule has 1 rings (SSSR count). The summed E-state index contributed by atoms with van der Waals surface area (Å²) in [6.45, 7) is 3.93. The van der Waals surface area contributed by atoms with Gasteiger partial charge in [0.25, 0.3) is 0 Å². The molecular weight excluding hydrogens is 256 g/mol. The molecule has 3 amide bonds. The molecule has 6 nitrogen and oxygen atoms in total. The topological polar surface area (TPSA) is 85.2 Å². The van der Waals surface area contributed by atoms with E-state index >= 15 is 0 Å². The van der Waals surface area contributed by atoms with Crippen LogP contribution in [0.4, 0.5) is 10.5 Å². The quantitative estimate of drug-likeness (QED) is 0.864. The second-order valence-electron chi connectivity index (χ2n) is 4.29. The standard InChI is InChI=1S/C14H18N4O2/c1-4-16-14(20)17-13(19)10(2)18(3)12-7-5-11(9-15)6-8-12/h5-8,10H,4H2,1-3H3,(H2,16,17,19,20). The Morgan fingerprint density at radius 3 is 2.45 bits per heavy atom. The molecule has 0 bridgehead atoms.